The normalized spacial score (nSPS) is 12.4. The second-order valence-corrected chi connectivity index (χ2v) is 6.35. The van der Waals surface area contributed by atoms with Crippen molar-refractivity contribution in [2.75, 3.05) is 7.05 Å². The van der Waals surface area contributed by atoms with E-state index < -0.39 is 0 Å². The van der Waals surface area contributed by atoms with E-state index in [2.05, 4.69) is 20.9 Å². The summed E-state index contributed by atoms with van der Waals surface area (Å²) in [6.07, 6.45) is 0.896. The van der Waals surface area contributed by atoms with Gasteiger partial charge in [0.1, 0.15) is 5.82 Å². The Morgan fingerprint density at radius 1 is 1.07 bits per heavy atom. The highest BCUT2D eigenvalue weighted by Gasteiger charge is 2.08. The van der Waals surface area contributed by atoms with Crippen LogP contribution in [-0.4, -0.2) is 25.0 Å². The summed E-state index contributed by atoms with van der Waals surface area (Å²) in [5, 5.41) is 9.22. The van der Waals surface area contributed by atoms with Gasteiger partial charge in [-0.05, 0) is 37.1 Å². The number of nitrogens with zero attached hydrogens (tertiary/aromatic N) is 1. The average Bonchev–Trinajstić information content (AvgIpc) is 2.69. The summed E-state index contributed by atoms with van der Waals surface area (Å²) < 4.78 is 13.7. The molecule has 144 valence electrons. The van der Waals surface area contributed by atoms with Crippen LogP contribution < -0.4 is 16.0 Å². The van der Waals surface area contributed by atoms with Crippen LogP contribution in [0.4, 0.5) is 4.39 Å². The number of hydrogen-bond acceptors (Lipinski definition) is 2. The number of aliphatic imine (C=N–C) groups is 1. The zero-order valence-corrected chi connectivity index (χ0v) is 16.1. The topological polar surface area (TPSA) is 65.5 Å². The SMILES string of the molecule is CCC(C)NC(=O)c1ccc(CNC(=NC)NCc2ccccc2F)cc1. The van der Waals surface area contributed by atoms with Crippen LogP contribution in [0.5, 0.6) is 0 Å². The van der Waals surface area contributed by atoms with Crippen LogP contribution in [0.25, 0.3) is 0 Å². The molecule has 5 nitrogen and oxygen atoms in total. The van der Waals surface area contributed by atoms with Gasteiger partial charge in [0.25, 0.3) is 5.91 Å². The first-order valence-electron chi connectivity index (χ1n) is 9.11. The summed E-state index contributed by atoms with van der Waals surface area (Å²) >= 11 is 0. The predicted molar refractivity (Wildman–Crippen MR) is 107 cm³/mol. The quantitative estimate of drug-likeness (QED) is 0.518. The van der Waals surface area contributed by atoms with Gasteiger partial charge < -0.3 is 16.0 Å². The lowest BCUT2D eigenvalue weighted by Crippen LogP contribution is -2.36. The van der Waals surface area contributed by atoms with E-state index in [1.165, 1.54) is 6.07 Å². The Bertz CT molecular complexity index is 774. The number of carbonyl (C=O) groups is 1. The fraction of sp³-hybridized carbons (Fsp3) is 0.333. The Labute approximate surface area is 160 Å². The molecule has 6 heteroatoms. The summed E-state index contributed by atoms with van der Waals surface area (Å²) in [6, 6.07) is 14.2. The maximum absolute atomic E-state index is 13.7. The summed E-state index contributed by atoms with van der Waals surface area (Å²) in [4.78, 5) is 16.2. The molecule has 2 aromatic carbocycles. The molecule has 0 fully saturated rings. The molecule has 0 spiro atoms. The van der Waals surface area contributed by atoms with Gasteiger partial charge in [-0.15, -0.1) is 0 Å². The predicted octanol–water partition coefficient (Wildman–Crippen LogP) is 3.22. The molecule has 2 rings (SSSR count). The van der Waals surface area contributed by atoms with E-state index in [4.69, 9.17) is 0 Å². The van der Waals surface area contributed by atoms with E-state index in [9.17, 15) is 9.18 Å². The largest absolute Gasteiger partial charge is 0.352 e. The number of nitrogens with one attached hydrogen (secondary N) is 3. The number of guanidine groups is 1. The fourth-order valence-corrected chi connectivity index (χ4v) is 2.41. The first-order chi connectivity index (χ1) is 13.0. The summed E-state index contributed by atoms with van der Waals surface area (Å²) in [5.74, 6) is 0.273. The average molecular weight is 370 g/mol. The lowest BCUT2D eigenvalue weighted by atomic mass is 10.1. The smallest absolute Gasteiger partial charge is 0.251 e. The number of benzene rings is 2. The maximum atomic E-state index is 13.7. The summed E-state index contributed by atoms with van der Waals surface area (Å²) in [6.45, 7) is 4.91. The molecule has 0 aliphatic carbocycles. The van der Waals surface area contributed by atoms with Crippen molar-refractivity contribution in [1.29, 1.82) is 0 Å². The van der Waals surface area contributed by atoms with E-state index in [0.717, 1.165) is 12.0 Å². The molecule has 0 aliphatic heterocycles. The summed E-state index contributed by atoms with van der Waals surface area (Å²) in [7, 11) is 1.67. The fourth-order valence-electron chi connectivity index (χ4n) is 2.41. The molecule has 0 saturated heterocycles. The molecule has 0 saturated carbocycles. The van der Waals surface area contributed by atoms with Crippen molar-refractivity contribution in [1.82, 2.24) is 16.0 Å². The number of halogens is 1. The van der Waals surface area contributed by atoms with Gasteiger partial charge in [-0.3, -0.25) is 9.79 Å². The van der Waals surface area contributed by atoms with Gasteiger partial charge in [0.2, 0.25) is 0 Å². The van der Waals surface area contributed by atoms with E-state index in [0.29, 0.717) is 30.2 Å². The molecule has 0 aromatic heterocycles. The number of carbonyl (C=O) groups excluding carboxylic acids is 1. The van der Waals surface area contributed by atoms with Gasteiger partial charge in [-0.25, -0.2) is 4.39 Å². The molecule has 0 radical (unpaired) electrons. The molecule has 0 aliphatic rings. The van der Waals surface area contributed by atoms with E-state index >= 15 is 0 Å². The maximum Gasteiger partial charge on any atom is 0.251 e. The third-order valence-corrected chi connectivity index (χ3v) is 4.29. The molecule has 2 aromatic rings. The Balaban J connectivity index is 1.85. The van der Waals surface area contributed by atoms with Gasteiger partial charge in [-0.2, -0.15) is 0 Å². The molecule has 3 N–H and O–H groups in total. The highest BCUT2D eigenvalue weighted by Crippen LogP contribution is 2.07. The van der Waals surface area contributed by atoms with Crippen molar-refractivity contribution in [3.05, 3.63) is 71.0 Å². The van der Waals surface area contributed by atoms with Crippen LogP contribution in [0.15, 0.2) is 53.5 Å². The van der Waals surface area contributed by atoms with Crippen LogP contribution >= 0.6 is 0 Å². The minimum Gasteiger partial charge on any atom is -0.352 e. The standard InChI is InChI=1S/C21H27FN4O/c1-4-15(2)26-20(27)17-11-9-16(10-12-17)13-24-21(23-3)25-14-18-7-5-6-8-19(18)22/h5-12,15H,4,13-14H2,1-3H3,(H,26,27)(H2,23,24,25). The molecule has 1 atom stereocenters. The molecular weight excluding hydrogens is 343 g/mol. The van der Waals surface area contributed by atoms with Gasteiger partial charge in [0.05, 0.1) is 0 Å². The number of amides is 1. The third-order valence-electron chi connectivity index (χ3n) is 4.29. The zero-order valence-electron chi connectivity index (χ0n) is 16.1. The Morgan fingerprint density at radius 3 is 2.37 bits per heavy atom. The van der Waals surface area contributed by atoms with Crippen LogP contribution in [0.1, 0.15) is 41.8 Å². The van der Waals surface area contributed by atoms with Crippen molar-refractivity contribution in [2.24, 2.45) is 4.99 Å². The Kier molecular flexibility index (Phi) is 7.79. The van der Waals surface area contributed by atoms with Crippen molar-refractivity contribution in [3.63, 3.8) is 0 Å². The molecule has 27 heavy (non-hydrogen) atoms. The minimum atomic E-state index is -0.244. The van der Waals surface area contributed by atoms with Crippen molar-refractivity contribution in [3.8, 4) is 0 Å². The Morgan fingerprint density at radius 2 is 1.74 bits per heavy atom. The van der Waals surface area contributed by atoms with Crippen molar-refractivity contribution in [2.45, 2.75) is 39.4 Å². The van der Waals surface area contributed by atoms with Crippen LogP contribution in [0, 0.1) is 5.82 Å². The van der Waals surface area contributed by atoms with Crippen molar-refractivity contribution < 1.29 is 9.18 Å². The second-order valence-electron chi connectivity index (χ2n) is 6.35. The second kappa shape index (κ2) is 10.3. The van der Waals surface area contributed by atoms with Gasteiger partial charge in [-0.1, -0.05) is 37.3 Å². The van der Waals surface area contributed by atoms with Gasteiger partial charge >= 0.3 is 0 Å². The Hall–Kier alpha value is -2.89. The molecular formula is C21H27FN4O. The van der Waals surface area contributed by atoms with Crippen molar-refractivity contribution >= 4 is 11.9 Å². The van der Waals surface area contributed by atoms with Crippen LogP contribution in [0.2, 0.25) is 0 Å². The zero-order chi connectivity index (χ0) is 19.6. The number of hydrogen-bond donors (Lipinski definition) is 3. The van der Waals surface area contributed by atoms with Crippen LogP contribution in [-0.2, 0) is 13.1 Å². The van der Waals surface area contributed by atoms with E-state index in [1.54, 1.807) is 25.2 Å². The number of rotatable bonds is 7. The van der Waals surface area contributed by atoms with E-state index in [-0.39, 0.29) is 17.8 Å². The first kappa shape index (κ1) is 20.4. The molecule has 1 amide bonds. The molecule has 0 heterocycles. The summed E-state index contributed by atoms with van der Waals surface area (Å²) in [5.41, 5.74) is 2.24. The van der Waals surface area contributed by atoms with Crippen LogP contribution in [0.3, 0.4) is 0 Å². The lowest BCUT2D eigenvalue weighted by molar-refractivity contribution is 0.0939. The van der Waals surface area contributed by atoms with E-state index in [1.807, 2.05) is 38.1 Å². The molecule has 0 bridgehead atoms. The third kappa shape index (κ3) is 6.40. The van der Waals surface area contributed by atoms with Gasteiger partial charge in [0, 0.05) is 37.3 Å². The van der Waals surface area contributed by atoms with Gasteiger partial charge in [0.15, 0.2) is 5.96 Å². The highest BCUT2D eigenvalue weighted by atomic mass is 19.1. The molecule has 1 unspecified atom stereocenters. The monoisotopic (exact) mass is 370 g/mol. The minimum absolute atomic E-state index is 0.0637. The lowest BCUT2D eigenvalue weighted by Gasteiger charge is -2.13. The highest BCUT2D eigenvalue weighted by molar-refractivity contribution is 5.94. The first-order valence-corrected chi connectivity index (χ1v) is 9.11.